The van der Waals surface area contributed by atoms with E-state index < -0.39 is 7.49 Å². The van der Waals surface area contributed by atoms with Gasteiger partial charge in [0.2, 0.25) is 7.49 Å². The van der Waals surface area contributed by atoms with Crippen molar-refractivity contribution < 1.29 is 19.1 Å². The molecule has 5 aromatic carbocycles. The number of aryl methyl sites for hydroxylation is 1. The number of ether oxygens (including phenoxy) is 3. The van der Waals surface area contributed by atoms with E-state index in [0.29, 0.717) is 30.0 Å². The van der Waals surface area contributed by atoms with Crippen LogP contribution in [0.25, 0.3) is 0 Å². The van der Waals surface area contributed by atoms with Crippen LogP contribution in [0.2, 0.25) is 0 Å². The highest BCUT2D eigenvalue weighted by molar-refractivity contribution is 7.91. The predicted octanol–water partition coefficient (Wildman–Crippen LogP) is 7.13. The van der Waals surface area contributed by atoms with Gasteiger partial charge in [-0.05, 0) is 73.2 Å². The van der Waals surface area contributed by atoms with Crippen molar-refractivity contribution in [2.45, 2.75) is 13.5 Å². The Hall–Kier alpha value is -4.37. The first-order valence-corrected chi connectivity index (χ1v) is 14.9. The fourth-order valence-electron chi connectivity index (χ4n) is 4.39. The molecular weight excluding hydrogens is 515 g/mol. The maximum Gasteiger partial charge on any atom is 0.242 e. The average Bonchev–Trinajstić information content (AvgIpc) is 3.01. The van der Waals surface area contributed by atoms with Crippen LogP contribution in [-0.4, -0.2) is 11.5 Å². The monoisotopic (exact) mass is 547 g/mol. The van der Waals surface area contributed by atoms with E-state index >= 15 is 0 Å². The molecule has 0 aliphatic rings. The second-order valence-electron chi connectivity index (χ2n) is 9.38. The molecule has 0 saturated heterocycles. The van der Waals surface area contributed by atoms with Crippen LogP contribution in [0.15, 0.2) is 140 Å². The van der Waals surface area contributed by atoms with Crippen LogP contribution in [-0.2, 0) is 6.61 Å². The minimum absolute atomic E-state index is 0.327. The van der Waals surface area contributed by atoms with E-state index in [1.165, 1.54) is 5.56 Å². The molecule has 0 saturated carbocycles. The molecule has 0 amide bonds. The standard InChI is InChI=1S/C35H32O4P/c1-3-24-37-34-23-22-31(38-26-28-16-20-30(21-17-28)39-29-18-14-27(2)15-19-29)25-35(34)40(36,32-10-6-4-7-11-32)33-12-8-5-9-13-33/h3-23,25,36H,1,24,26H2,2H3/q+1. The average molecular weight is 548 g/mol. The van der Waals surface area contributed by atoms with Gasteiger partial charge in [0.25, 0.3) is 0 Å². The van der Waals surface area contributed by atoms with E-state index in [0.717, 1.165) is 27.7 Å². The Morgan fingerprint density at radius 1 is 0.675 bits per heavy atom. The van der Waals surface area contributed by atoms with Gasteiger partial charge in [0.05, 0.1) is 0 Å². The van der Waals surface area contributed by atoms with Crippen molar-refractivity contribution in [3.05, 3.63) is 151 Å². The molecule has 0 aromatic heterocycles. The first kappa shape index (κ1) is 27.2. The summed E-state index contributed by atoms with van der Waals surface area (Å²) in [5.41, 5.74) is 2.19. The van der Waals surface area contributed by atoms with Crippen LogP contribution < -0.4 is 30.1 Å². The molecule has 0 radical (unpaired) electrons. The summed E-state index contributed by atoms with van der Waals surface area (Å²) >= 11 is 0. The lowest BCUT2D eigenvalue weighted by Crippen LogP contribution is -2.31. The molecule has 0 spiro atoms. The van der Waals surface area contributed by atoms with Gasteiger partial charge in [-0.15, -0.1) is 0 Å². The predicted molar refractivity (Wildman–Crippen MR) is 165 cm³/mol. The highest BCUT2D eigenvalue weighted by Gasteiger charge is 2.47. The Morgan fingerprint density at radius 3 is 1.80 bits per heavy atom. The Balaban J connectivity index is 1.42. The number of benzene rings is 5. The second kappa shape index (κ2) is 12.7. The summed E-state index contributed by atoms with van der Waals surface area (Å²) in [5, 5.41) is 2.38. The maximum atomic E-state index is 12.5. The molecule has 0 heterocycles. The van der Waals surface area contributed by atoms with E-state index in [2.05, 4.69) is 13.5 Å². The number of hydrogen-bond donors (Lipinski definition) is 1. The molecule has 0 aliphatic carbocycles. The summed E-state index contributed by atoms with van der Waals surface area (Å²) in [6, 6.07) is 41.0. The lowest BCUT2D eigenvalue weighted by Gasteiger charge is -2.23. The van der Waals surface area contributed by atoms with Crippen LogP contribution in [0.4, 0.5) is 0 Å². The summed E-state index contributed by atoms with van der Waals surface area (Å²) in [5.74, 6) is 2.81. The molecule has 200 valence electrons. The smallest absolute Gasteiger partial charge is 0.242 e. The Kier molecular flexibility index (Phi) is 8.61. The van der Waals surface area contributed by atoms with E-state index in [1.807, 2.05) is 127 Å². The minimum Gasteiger partial charge on any atom is -0.489 e. The van der Waals surface area contributed by atoms with Crippen LogP contribution in [0.5, 0.6) is 23.0 Å². The van der Waals surface area contributed by atoms with Gasteiger partial charge in [-0.2, -0.15) is 0 Å². The number of rotatable bonds is 11. The van der Waals surface area contributed by atoms with Crippen LogP contribution in [0.1, 0.15) is 11.1 Å². The van der Waals surface area contributed by atoms with E-state index in [-0.39, 0.29) is 0 Å². The van der Waals surface area contributed by atoms with Gasteiger partial charge in [-0.3, -0.25) is 0 Å². The third-order valence-corrected chi connectivity index (χ3v) is 9.62. The Morgan fingerprint density at radius 2 is 1.23 bits per heavy atom. The van der Waals surface area contributed by atoms with Gasteiger partial charge in [-0.25, -0.2) is 4.89 Å². The normalized spacial score (nSPS) is 11.1. The summed E-state index contributed by atoms with van der Waals surface area (Å²) in [6.07, 6.45) is 1.70. The highest BCUT2D eigenvalue weighted by Crippen LogP contribution is 2.53. The van der Waals surface area contributed by atoms with Gasteiger partial charge >= 0.3 is 0 Å². The molecule has 0 unspecified atom stereocenters. The molecule has 0 fully saturated rings. The lowest BCUT2D eigenvalue weighted by atomic mass is 10.2. The van der Waals surface area contributed by atoms with Crippen molar-refractivity contribution in [2.75, 3.05) is 6.61 Å². The quantitative estimate of drug-likeness (QED) is 0.141. The molecule has 5 rings (SSSR count). The summed E-state index contributed by atoms with van der Waals surface area (Å²) in [7, 11) is -3.03. The minimum atomic E-state index is -3.03. The summed E-state index contributed by atoms with van der Waals surface area (Å²) in [4.78, 5) is 12.5. The Labute approximate surface area is 236 Å². The van der Waals surface area contributed by atoms with Gasteiger partial charge in [0, 0.05) is 6.07 Å². The zero-order valence-electron chi connectivity index (χ0n) is 22.4. The lowest BCUT2D eigenvalue weighted by molar-refractivity contribution is 0.305. The van der Waals surface area contributed by atoms with E-state index in [9.17, 15) is 4.89 Å². The van der Waals surface area contributed by atoms with Gasteiger partial charge in [0.1, 0.15) is 41.1 Å². The van der Waals surface area contributed by atoms with Crippen molar-refractivity contribution in [3.63, 3.8) is 0 Å². The van der Waals surface area contributed by atoms with Crippen molar-refractivity contribution >= 4 is 23.4 Å². The van der Waals surface area contributed by atoms with E-state index in [4.69, 9.17) is 14.2 Å². The summed E-state index contributed by atoms with van der Waals surface area (Å²) in [6.45, 7) is 6.53. The third-order valence-electron chi connectivity index (χ3n) is 6.48. The van der Waals surface area contributed by atoms with Crippen molar-refractivity contribution in [2.24, 2.45) is 0 Å². The van der Waals surface area contributed by atoms with Gasteiger partial charge < -0.3 is 14.2 Å². The molecule has 0 atom stereocenters. The summed E-state index contributed by atoms with van der Waals surface area (Å²) < 4.78 is 18.2. The van der Waals surface area contributed by atoms with Crippen LogP contribution in [0, 0.1) is 6.92 Å². The third kappa shape index (κ3) is 6.26. The van der Waals surface area contributed by atoms with Crippen molar-refractivity contribution in [1.29, 1.82) is 0 Å². The fourth-order valence-corrected chi connectivity index (χ4v) is 7.22. The molecular formula is C35H32O4P+. The second-order valence-corrected chi connectivity index (χ2v) is 12.2. The molecule has 0 aliphatic heterocycles. The molecule has 5 aromatic rings. The SMILES string of the molecule is C=CCOc1ccc(OCc2ccc(Oc3ccc(C)cc3)cc2)cc1[P+](O)(c1ccccc1)c1ccccc1. The zero-order chi connectivity index (χ0) is 27.8. The van der Waals surface area contributed by atoms with E-state index in [1.54, 1.807) is 6.08 Å². The molecule has 0 bridgehead atoms. The fraction of sp³-hybridized carbons (Fsp3) is 0.0857. The number of hydrogen-bond acceptors (Lipinski definition) is 4. The van der Waals surface area contributed by atoms with Crippen molar-refractivity contribution in [3.8, 4) is 23.0 Å². The van der Waals surface area contributed by atoms with Gasteiger partial charge in [-0.1, -0.05) is 78.9 Å². The maximum absolute atomic E-state index is 12.5. The molecule has 1 N–H and O–H groups in total. The largest absolute Gasteiger partial charge is 0.489 e. The highest BCUT2D eigenvalue weighted by atomic mass is 31.2. The first-order chi connectivity index (χ1) is 19.6. The topological polar surface area (TPSA) is 47.9 Å². The van der Waals surface area contributed by atoms with Gasteiger partial charge in [0.15, 0.2) is 11.1 Å². The molecule has 4 nitrogen and oxygen atoms in total. The van der Waals surface area contributed by atoms with Crippen molar-refractivity contribution in [1.82, 2.24) is 0 Å². The van der Waals surface area contributed by atoms with Crippen LogP contribution in [0.3, 0.4) is 0 Å². The molecule has 5 heteroatoms. The Bertz CT molecular complexity index is 1490. The van der Waals surface area contributed by atoms with Crippen LogP contribution >= 0.6 is 7.49 Å². The first-order valence-electron chi connectivity index (χ1n) is 13.1. The zero-order valence-corrected chi connectivity index (χ0v) is 23.3. The molecule has 40 heavy (non-hydrogen) atoms.